The summed E-state index contributed by atoms with van der Waals surface area (Å²) in [5, 5.41) is 4.28. The van der Waals surface area contributed by atoms with E-state index < -0.39 is 0 Å². The summed E-state index contributed by atoms with van der Waals surface area (Å²) in [5.74, 6) is 0. The smallest absolute Gasteiger partial charge is 0.174 e. The quantitative estimate of drug-likeness (QED) is 0.537. The number of ether oxygens (including phenoxy) is 1. The topological polar surface area (TPSA) is 42.3 Å². The van der Waals surface area contributed by atoms with Crippen molar-refractivity contribution < 1.29 is 4.74 Å². The first-order valence-corrected chi connectivity index (χ1v) is 11.2. The fourth-order valence-electron chi connectivity index (χ4n) is 4.50. The van der Waals surface area contributed by atoms with E-state index in [0.29, 0.717) is 6.61 Å². The molecule has 1 fully saturated rings. The molecule has 0 amide bonds. The summed E-state index contributed by atoms with van der Waals surface area (Å²) in [6, 6.07) is 17.0. The van der Waals surface area contributed by atoms with Gasteiger partial charge in [0, 0.05) is 36.9 Å². The first kappa shape index (κ1) is 21.5. The molecule has 1 aromatic carbocycles. The number of hydrogen-bond donors (Lipinski definition) is 1. The average molecular weight is 435 g/mol. The average Bonchev–Trinajstić information content (AvgIpc) is 3.28. The lowest BCUT2D eigenvalue weighted by atomic mass is 9.96. The van der Waals surface area contributed by atoms with Crippen LogP contribution in [-0.2, 0) is 17.7 Å². The number of anilines is 1. The van der Waals surface area contributed by atoms with E-state index in [1.807, 2.05) is 18.3 Å². The van der Waals surface area contributed by atoms with Crippen molar-refractivity contribution in [2.24, 2.45) is 0 Å². The molecule has 1 aliphatic rings. The predicted octanol–water partition coefficient (Wildman–Crippen LogP) is 4.89. The molecule has 6 heteroatoms. The van der Waals surface area contributed by atoms with Crippen LogP contribution in [0.2, 0.25) is 0 Å². The van der Waals surface area contributed by atoms with E-state index in [2.05, 4.69) is 76.9 Å². The number of rotatable bonds is 7. The van der Waals surface area contributed by atoms with E-state index in [4.69, 9.17) is 17.0 Å². The molecule has 0 bridgehead atoms. The number of hydrogen-bond acceptors (Lipinski definition) is 3. The Balaban J connectivity index is 1.82. The molecule has 2 aromatic heterocycles. The Hall–Kier alpha value is -2.70. The predicted molar refractivity (Wildman–Crippen MR) is 130 cm³/mol. The number of thiocarbonyl (C=S) groups is 1. The highest BCUT2D eigenvalue weighted by Gasteiger charge is 2.42. The first-order valence-electron chi connectivity index (χ1n) is 10.8. The Labute approximate surface area is 190 Å². The Morgan fingerprint density at radius 3 is 2.55 bits per heavy atom. The van der Waals surface area contributed by atoms with Crippen molar-refractivity contribution in [3.05, 3.63) is 82.9 Å². The minimum absolute atomic E-state index is 0.0115. The molecular formula is C25H30N4OS. The second-order valence-electron chi connectivity index (χ2n) is 7.99. The summed E-state index contributed by atoms with van der Waals surface area (Å²) in [7, 11) is 1.74. The summed E-state index contributed by atoms with van der Waals surface area (Å²) in [6.07, 6.45) is 2.86. The second-order valence-corrected chi connectivity index (χ2v) is 8.37. The van der Waals surface area contributed by atoms with Crippen LogP contribution >= 0.6 is 12.2 Å². The van der Waals surface area contributed by atoms with Gasteiger partial charge in [0.25, 0.3) is 0 Å². The van der Waals surface area contributed by atoms with E-state index >= 15 is 0 Å². The molecule has 3 heterocycles. The molecule has 4 rings (SSSR count). The fraction of sp³-hybridized carbons (Fsp3) is 0.360. The number of nitrogens with zero attached hydrogens (tertiary/aromatic N) is 3. The molecule has 1 saturated heterocycles. The molecular weight excluding hydrogens is 404 g/mol. The van der Waals surface area contributed by atoms with Crippen LogP contribution in [0.5, 0.6) is 0 Å². The molecule has 31 heavy (non-hydrogen) atoms. The zero-order chi connectivity index (χ0) is 22.0. The molecule has 1 aliphatic heterocycles. The molecule has 0 unspecified atom stereocenters. The van der Waals surface area contributed by atoms with E-state index in [1.54, 1.807) is 7.11 Å². The van der Waals surface area contributed by atoms with Crippen molar-refractivity contribution in [1.29, 1.82) is 0 Å². The number of benzene rings is 1. The molecule has 3 aromatic rings. The molecule has 0 aliphatic carbocycles. The van der Waals surface area contributed by atoms with Crippen LogP contribution in [0.1, 0.15) is 47.2 Å². The Kier molecular flexibility index (Phi) is 6.39. The highest BCUT2D eigenvalue weighted by Crippen LogP contribution is 2.43. The third-order valence-electron chi connectivity index (χ3n) is 6.17. The van der Waals surface area contributed by atoms with Gasteiger partial charge in [-0.2, -0.15) is 0 Å². The van der Waals surface area contributed by atoms with Gasteiger partial charge in [-0.1, -0.05) is 25.1 Å². The zero-order valence-electron chi connectivity index (χ0n) is 18.6. The van der Waals surface area contributed by atoms with Gasteiger partial charge in [0.05, 0.1) is 24.4 Å². The van der Waals surface area contributed by atoms with E-state index in [1.165, 1.54) is 22.5 Å². The highest BCUT2D eigenvalue weighted by atomic mass is 32.1. The SMILES string of the molecule is CCc1ccc(N2C(=S)N[C@@H](c3ccccn3)[C@H]2c2cc(C)n(CCOC)c2C)cc1. The standard InChI is InChI=1S/C25H30N4OS/c1-5-19-9-11-20(12-10-19)29-24(21-16-17(2)28(18(21)3)14-15-30-4)23(27-25(29)31)22-8-6-7-13-26-22/h6-13,16,23-24H,5,14-15H2,1-4H3,(H,27,31)/t23-,24+/m0/s1. The summed E-state index contributed by atoms with van der Waals surface area (Å²) in [4.78, 5) is 6.91. The summed E-state index contributed by atoms with van der Waals surface area (Å²) >= 11 is 5.85. The third kappa shape index (κ3) is 4.10. The van der Waals surface area contributed by atoms with E-state index in [9.17, 15) is 0 Å². The van der Waals surface area contributed by atoms with Gasteiger partial charge in [-0.25, -0.2) is 0 Å². The number of aryl methyl sites for hydroxylation is 2. The van der Waals surface area contributed by atoms with Crippen LogP contribution in [0.4, 0.5) is 5.69 Å². The highest BCUT2D eigenvalue weighted by molar-refractivity contribution is 7.80. The van der Waals surface area contributed by atoms with Crippen LogP contribution < -0.4 is 10.2 Å². The number of nitrogens with one attached hydrogen (secondary N) is 1. The largest absolute Gasteiger partial charge is 0.383 e. The molecule has 2 atom stereocenters. The minimum Gasteiger partial charge on any atom is -0.383 e. The summed E-state index contributed by atoms with van der Waals surface area (Å²) in [6.45, 7) is 8.03. The lowest BCUT2D eigenvalue weighted by molar-refractivity contribution is 0.186. The maximum absolute atomic E-state index is 5.85. The summed E-state index contributed by atoms with van der Waals surface area (Å²) < 4.78 is 7.66. The molecule has 5 nitrogen and oxygen atoms in total. The molecule has 1 N–H and O–H groups in total. The normalized spacial score (nSPS) is 18.5. The molecule has 0 saturated carbocycles. The van der Waals surface area contributed by atoms with Gasteiger partial charge in [-0.3, -0.25) is 4.98 Å². The van der Waals surface area contributed by atoms with Crippen molar-refractivity contribution in [1.82, 2.24) is 14.9 Å². The monoisotopic (exact) mass is 434 g/mol. The lowest BCUT2D eigenvalue weighted by Crippen LogP contribution is -2.29. The van der Waals surface area contributed by atoms with E-state index in [0.717, 1.165) is 29.5 Å². The van der Waals surface area contributed by atoms with Crippen LogP contribution in [0.25, 0.3) is 0 Å². The van der Waals surface area contributed by atoms with Crippen molar-refractivity contribution in [3.8, 4) is 0 Å². The van der Waals surface area contributed by atoms with Gasteiger partial charge < -0.3 is 19.5 Å². The van der Waals surface area contributed by atoms with Gasteiger partial charge in [-0.15, -0.1) is 0 Å². The minimum atomic E-state index is -0.0315. The molecule has 0 spiro atoms. The van der Waals surface area contributed by atoms with Crippen LogP contribution in [-0.4, -0.2) is 28.4 Å². The van der Waals surface area contributed by atoms with Gasteiger partial charge in [0.1, 0.15) is 0 Å². The van der Waals surface area contributed by atoms with Gasteiger partial charge >= 0.3 is 0 Å². The van der Waals surface area contributed by atoms with Crippen molar-refractivity contribution in [2.45, 2.75) is 45.8 Å². The Morgan fingerprint density at radius 1 is 1.13 bits per heavy atom. The van der Waals surface area contributed by atoms with Crippen molar-refractivity contribution in [2.75, 3.05) is 18.6 Å². The number of pyridine rings is 1. The van der Waals surface area contributed by atoms with Crippen molar-refractivity contribution >= 4 is 23.0 Å². The second kappa shape index (κ2) is 9.20. The van der Waals surface area contributed by atoms with E-state index in [-0.39, 0.29) is 12.1 Å². The Bertz CT molecular complexity index is 1050. The van der Waals surface area contributed by atoms with Gasteiger partial charge in [0.15, 0.2) is 5.11 Å². The zero-order valence-corrected chi connectivity index (χ0v) is 19.4. The Morgan fingerprint density at radius 2 is 1.90 bits per heavy atom. The van der Waals surface area contributed by atoms with Crippen LogP contribution in [0, 0.1) is 13.8 Å². The van der Waals surface area contributed by atoms with Gasteiger partial charge in [-0.05, 0) is 73.9 Å². The maximum atomic E-state index is 5.85. The third-order valence-corrected chi connectivity index (χ3v) is 6.49. The van der Waals surface area contributed by atoms with Crippen molar-refractivity contribution in [3.63, 3.8) is 0 Å². The molecule has 0 radical (unpaired) electrons. The lowest BCUT2D eigenvalue weighted by Gasteiger charge is -2.28. The molecule has 162 valence electrons. The van der Waals surface area contributed by atoms with Gasteiger partial charge in [0.2, 0.25) is 0 Å². The first-order chi connectivity index (χ1) is 15.0. The van der Waals surface area contributed by atoms with Crippen LogP contribution in [0.3, 0.4) is 0 Å². The van der Waals surface area contributed by atoms with Crippen LogP contribution in [0.15, 0.2) is 54.7 Å². The number of methoxy groups -OCH3 is 1. The fourth-order valence-corrected chi connectivity index (χ4v) is 4.84. The number of aromatic nitrogens is 2. The maximum Gasteiger partial charge on any atom is 0.174 e. The summed E-state index contributed by atoms with van der Waals surface area (Å²) in [5.41, 5.74) is 7.13.